The molecule has 0 spiro atoms. The molecular formula is C21H26N4O3. The minimum atomic E-state index is -0.0913. The van der Waals surface area contributed by atoms with Crippen molar-refractivity contribution in [3.05, 3.63) is 48.2 Å². The quantitative estimate of drug-likeness (QED) is 0.830. The Morgan fingerprint density at radius 2 is 1.79 bits per heavy atom. The average Bonchev–Trinajstić information content (AvgIpc) is 2.74. The molecule has 1 saturated heterocycles. The molecule has 0 atom stereocenters. The maximum atomic E-state index is 12.2. The molecule has 7 heteroatoms. The Labute approximate surface area is 165 Å². The Morgan fingerprint density at radius 3 is 2.36 bits per heavy atom. The molecule has 0 unspecified atom stereocenters. The lowest BCUT2D eigenvalue weighted by atomic mass is 10.1. The second-order valence-electron chi connectivity index (χ2n) is 6.70. The van der Waals surface area contributed by atoms with Crippen LogP contribution in [0.4, 0.5) is 11.5 Å². The highest BCUT2D eigenvalue weighted by Crippen LogP contribution is 2.17. The summed E-state index contributed by atoms with van der Waals surface area (Å²) < 4.78 is 5.12. The van der Waals surface area contributed by atoms with Gasteiger partial charge in [0.1, 0.15) is 11.6 Å². The molecule has 2 heterocycles. The van der Waals surface area contributed by atoms with E-state index in [1.54, 1.807) is 13.3 Å². The minimum absolute atomic E-state index is 0.0913. The molecule has 1 aliphatic heterocycles. The smallest absolute Gasteiger partial charge is 0.228 e. The van der Waals surface area contributed by atoms with E-state index in [-0.39, 0.29) is 11.8 Å². The number of pyridine rings is 1. The van der Waals surface area contributed by atoms with E-state index in [2.05, 4.69) is 15.2 Å². The molecule has 0 saturated carbocycles. The van der Waals surface area contributed by atoms with Gasteiger partial charge in [-0.05, 0) is 29.8 Å². The highest BCUT2D eigenvalue weighted by molar-refractivity contribution is 5.92. The molecule has 0 radical (unpaired) electrons. The largest absolute Gasteiger partial charge is 0.497 e. The summed E-state index contributed by atoms with van der Waals surface area (Å²) in [6.45, 7) is 4.85. The maximum Gasteiger partial charge on any atom is 0.228 e. The summed E-state index contributed by atoms with van der Waals surface area (Å²) in [4.78, 5) is 32.5. The lowest BCUT2D eigenvalue weighted by Crippen LogP contribution is -2.48. The van der Waals surface area contributed by atoms with E-state index in [0.29, 0.717) is 31.6 Å². The maximum absolute atomic E-state index is 12.2. The standard InChI is InChI=1S/C21H26N4O3/c1-3-21(27)25-12-10-24(11-13-25)19-9-6-17(15-22-19)23-20(26)14-16-4-7-18(28-2)8-5-16/h4-9,15H,3,10-14H2,1-2H3,(H,23,26). The first kappa shape index (κ1) is 19.7. The van der Waals surface area contributed by atoms with Crippen molar-refractivity contribution in [1.82, 2.24) is 9.88 Å². The number of carbonyl (C=O) groups is 2. The molecule has 1 aromatic heterocycles. The summed E-state index contributed by atoms with van der Waals surface area (Å²) in [6, 6.07) is 11.2. The fraction of sp³-hybridized carbons (Fsp3) is 0.381. The van der Waals surface area contributed by atoms with Crippen LogP contribution in [-0.4, -0.2) is 55.0 Å². The highest BCUT2D eigenvalue weighted by Gasteiger charge is 2.20. The van der Waals surface area contributed by atoms with E-state index < -0.39 is 0 Å². The van der Waals surface area contributed by atoms with Gasteiger partial charge in [-0.15, -0.1) is 0 Å². The van der Waals surface area contributed by atoms with Crippen molar-refractivity contribution in [1.29, 1.82) is 0 Å². The number of hydrogen-bond acceptors (Lipinski definition) is 5. The number of anilines is 2. The van der Waals surface area contributed by atoms with Crippen molar-refractivity contribution in [2.45, 2.75) is 19.8 Å². The number of ether oxygens (including phenoxy) is 1. The molecule has 2 aromatic rings. The molecule has 3 rings (SSSR count). The van der Waals surface area contributed by atoms with E-state index in [1.165, 1.54) is 0 Å². The van der Waals surface area contributed by atoms with Crippen LogP contribution in [0.2, 0.25) is 0 Å². The van der Waals surface area contributed by atoms with Crippen LogP contribution in [0.15, 0.2) is 42.6 Å². The molecule has 0 aliphatic carbocycles. The van der Waals surface area contributed by atoms with Crippen molar-refractivity contribution in [2.75, 3.05) is 43.5 Å². The topological polar surface area (TPSA) is 74.8 Å². The number of nitrogens with one attached hydrogen (secondary N) is 1. The number of methoxy groups -OCH3 is 1. The van der Waals surface area contributed by atoms with Crippen LogP contribution < -0.4 is 15.0 Å². The van der Waals surface area contributed by atoms with Gasteiger partial charge in [0.2, 0.25) is 11.8 Å². The first-order chi connectivity index (χ1) is 13.6. The van der Waals surface area contributed by atoms with Crippen molar-refractivity contribution in [3.63, 3.8) is 0 Å². The Morgan fingerprint density at radius 1 is 1.07 bits per heavy atom. The zero-order valence-electron chi connectivity index (χ0n) is 16.4. The van der Waals surface area contributed by atoms with Crippen LogP contribution in [0.3, 0.4) is 0 Å². The molecular weight excluding hydrogens is 356 g/mol. The Hall–Kier alpha value is -3.09. The van der Waals surface area contributed by atoms with Gasteiger partial charge in [0.05, 0.1) is 25.4 Å². The molecule has 0 bridgehead atoms. The normalized spacial score (nSPS) is 13.9. The van der Waals surface area contributed by atoms with E-state index in [0.717, 1.165) is 30.2 Å². The van der Waals surface area contributed by atoms with Gasteiger partial charge < -0.3 is 19.9 Å². The van der Waals surface area contributed by atoms with Crippen LogP contribution in [0.1, 0.15) is 18.9 Å². The third-order valence-corrected chi connectivity index (χ3v) is 4.81. The zero-order chi connectivity index (χ0) is 19.9. The molecule has 148 valence electrons. The number of hydrogen-bond donors (Lipinski definition) is 1. The first-order valence-electron chi connectivity index (χ1n) is 9.50. The van der Waals surface area contributed by atoms with Gasteiger partial charge in [0, 0.05) is 32.6 Å². The monoisotopic (exact) mass is 382 g/mol. The first-order valence-corrected chi connectivity index (χ1v) is 9.50. The fourth-order valence-electron chi connectivity index (χ4n) is 3.19. The molecule has 28 heavy (non-hydrogen) atoms. The van der Waals surface area contributed by atoms with Crippen molar-refractivity contribution < 1.29 is 14.3 Å². The molecule has 1 N–H and O–H groups in total. The van der Waals surface area contributed by atoms with E-state index in [9.17, 15) is 9.59 Å². The summed E-state index contributed by atoms with van der Waals surface area (Å²) in [6.07, 6.45) is 2.51. The van der Waals surface area contributed by atoms with Crippen LogP contribution >= 0.6 is 0 Å². The second kappa shape index (κ2) is 9.21. The van der Waals surface area contributed by atoms with Gasteiger partial charge in [-0.25, -0.2) is 4.98 Å². The lowest BCUT2D eigenvalue weighted by molar-refractivity contribution is -0.131. The van der Waals surface area contributed by atoms with Gasteiger partial charge in [-0.1, -0.05) is 19.1 Å². The number of nitrogens with zero attached hydrogens (tertiary/aromatic N) is 3. The number of rotatable bonds is 6. The second-order valence-corrected chi connectivity index (χ2v) is 6.70. The number of aromatic nitrogens is 1. The summed E-state index contributed by atoms with van der Waals surface area (Å²) in [7, 11) is 1.61. The molecule has 2 amide bonds. The van der Waals surface area contributed by atoms with Gasteiger partial charge in [0.15, 0.2) is 0 Å². The van der Waals surface area contributed by atoms with Gasteiger partial charge >= 0.3 is 0 Å². The lowest BCUT2D eigenvalue weighted by Gasteiger charge is -2.35. The summed E-state index contributed by atoms with van der Waals surface area (Å²) in [5.74, 6) is 1.73. The van der Waals surface area contributed by atoms with Crippen LogP contribution in [-0.2, 0) is 16.0 Å². The van der Waals surface area contributed by atoms with E-state index >= 15 is 0 Å². The van der Waals surface area contributed by atoms with Crippen LogP contribution in [0.25, 0.3) is 0 Å². The Bertz CT molecular complexity index is 797. The average molecular weight is 382 g/mol. The molecule has 7 nitrogen and oxygen atoms in total. The van der Waals surface area contributed by atoms with Crippen molar-refractivity contribution in [2.24, 2.45) is 0 Å². The number of piperazine rings is 1. The van der Waals surface area contributed by atoms with Gasteiger partial charge in [-0.3, -0.25) is 9.59 Å². The van der Waals surface area contributed by atoms with Crippen molar-refractivity contribution in [3.8, 4) is 5.75 Å². The molecule has 1 fully saturated rings. The van der Waals surface area contributed by atoms with Crippen molar-refractivity contribution >= 4 is 23.3 Å². The SMILES string of the molecule is CCC(=O)N1CCN(c2ccc(NC(=O)Cc3ccc(OC)cc3)cn2)CC1. The summed E-state index contributed by atoms with van der Waals surface area (Å²) in [5.41, 5.74) is 1.59. The molecule has 1 aromatic carbocycles. The number of amides is 2. The summed E-state index contributed by atoms with van der Waals surface area (Å²) in [5, 5.41) is 2.87. The number of carbonyl (C=O) groups excluding carboxylic acids is 2. The zero-order valence-corrected chi connectivity index (χ0v) is 16.4. The summed E-state index contributed by atoms with van der Waals surface area (Å²) >= 11 is 0. The Balaban J connectivity index is 1.51. The third-order valence-electron chi connectivity index (χ3n) is 4.81. The molecule has 1 aliphatic rings. The van der Waals surface area contributed by atoms with Crippen LogP contribution in [0.5, 0.6) is 5.75 Å². The number of benzene rings is 1. The Kier molecular flexibility index (Phi) is 6.47. The van der Waals surface area contributed by atoms with E-state index in [1.807, 2.05) is 48.2 Å². The van der Waals surface area contributed by atoms with Crippen LogP contribution in [0, 0.1) is 0 Å². The third kappa shape index (κ3) is 5.00. The van der Waals surface area contributed by atoms with Gasteiger partial charge in [-0.2, -0.15) is 0 Å². The predicted octanol–water partition coefficient (Wildman–Crippen LogP) is 2.33. The van der Waals surface area contributed by atoms with Gasteiger partial charge in [0.25, 0.3) is 0 Å². The predicted molar refractivity (Wildman–Crippen MR) is 109 cm³/mol. The van der Waals surface area contributed by atoms with E-state index in [4.69, 9.17) is 4.74 Å². The minimum Gasteiger partial charge on any atom is -0.497 e. The highest BCUT2D eigenvalue weighted by atomic mass is 16.5. The fourth-order valence-corrected chi connectivity index (χ4v) is 3.19.